The fourth-order valence-electron chi connectivity index (χ4n) is 3.54. The van der Waals surface area contributed by atoms with E-state index in [2.05, 4.69) is 30.2 Å². The van der Waals surface area contributed by atoms with Crippen LogP contribution < -0.4 is 0 Å². The molecule has 0 radical (unpaired) electrons. The average molecular weight is 266 g/mol. The fraction of sp³-hybridized carbons (Fsp3) is 0.700. The van der Waals surface area contributed by atoms with E-state index >= 15 is 0 Å². The normalized spacial score (nSPS) is 40.9. The maximum atomic E-state index is 9.49. The van der Waals surface area contributed by atoms with Crippen LogP contribution in [-0.4, -0.2) is 80.6 Å². The van der Waals surface area contributed by atoms with Gasteiger partial charge >= 0.3 is 0 Å². The number of oxime groups is 1. The van der Waals surface area contributed by atoms with E-state index in [-0.39, 0.29) is 0 Å². The van der Waals surface area contributed by atoms with Crippen molar-refractivity contribution in [2.45, 2.75) is 6.92 Å². The van der Waals surface area contributed by atoms with Gasteiger partial charge in [0.25, 0.3) is 5.84 Å². The first-order chi connectivity index (χ1) is 9.20. The van der Waals surface area contributed by atoms with E-state index in [0.717, 1.165) is 40.0 Å². The Hall–Kier alpha value is -1.55. The minimum absolute atomic E-state index is 0.540. The fourth-order valence-corrected chi connectivity index (χ4v) is 3.54. The second-order valence-electron chi connectivity index (χ2n) is 5.63. The van der Waals surface area contributed by atoms with E-state index in [0.29, 0.717) is 21.7 Å². The smallest absolute Gasteiger partial charge is 0.296 e. The molecule has 5 heterocycles. The van der Waals surface area contributed by atoms with Crippen LogP contribution in [0.3, 0.4) is 0 Å². The topological polar surface area (TPSA) is 81.2 Å². The van der Waals surface area contributed by atoms with Gasteiger partial charge in [0, 0.05) is 0 Å². The molecule has 4 saturated heterocycles. The highest BCUT2D eigenvalue weighted by molar-refractivity contribution is 5.92. The molecule has 0 spiro atoms. The summed E-state index contributed by atoms with van der Waals surface area (Å²) in [5.74, 6) is 0.540. The first-order valence-electron chi connectivity index (χ1n) is 6.25. The monoisotopic (exact) mass is 266 g/mol. The van der Waals surface area contributed by atoms with Crippen molar-refractivity contribution in [3.8, 4) is 0 Å². The van der Waals surface area contributed by atoms with Crippen molar-refractivity contribution in [3.63, 3.8) is 0 Å². The first kappa shape index (κ1) is 11.3. The Morgan fingerprint density at radius 2 is 1.74 bits per heavy atom. The molecule has 0 unspecified atom stereocenters. The Bertz CT molecular complexity index is 504. The van der Waals surface area contributed by atoms with Gasteiger partial charge in [-0.15, -0.1) is 0 Å². The van der Waals surface area contributed by atoms with Crippen LogP contribution in [0.15, 0.2) is 9.78 Å². The molecule has 4 aliphatic rings. The van der Waals surface area contributed by atoms with Crippen LogP contribution >= 0.6 is 0 Å². The van der Waals surface area contributed by atoms with Crippen molar-refractivity contribution in [1.29, 1.82) is 0 Å². The molecule has 1 N–H and O–H groups in total. The van der Waals surface area contributed by atoms with E-state index in [1.165, 1.54) is 0 Å². The lowest BCUT2D eigenvalue weighted by Crippen LogP contribution is -2.80. The van der Waals surface area contributed by atoms with Crippen molar-refractivity contribution in [3.05, 3.63) is 11.4 Å². The summed E-state index contributed by atoms with van der Waals surface area (Å²) in [5, 5.41) is 20.7. The third-order valence-electron chi connectivity index (χ3n) is 4.02. The molecule has 1 aromatic heterocycles. The van der Waals surface area contributed by atoms with Crippen molar-refractivity contribution in [1.82, 2.24) is 25.0 Å². The summed E-state index contributed by atoms with van der Waals surface area (Å²) >= 11 is 0. The van der Waals surface area contributed by atoms with Crippen LogP contribution in [0.5, 0.6) is 0 Å². The van der Waals surface area contributed by atoms with Crippen molar-refractivity contribution in [2.75, 3.05) is 40.0 Å². The van der Waals surface area contributed by atoms with E-state index in [9.17, 15) is 5.21 Å². The molecule has 1 aromatic rings. The SMILES string of the molecule is Cc1nonc1/C(=N/O)[N+]12CN3CN(CN(C3)C1)C2. The van der Waals surface area contributed by atoms with Crippen molar-refractivity contribution in [2.24, 2.45) is 5.16 Å². The molecule has 0 aliphatic carbocycles. The molecular weight excluding hydrogens is 250 g/mol. The van der Waals surface area contributed by atoms with Crippen LogP contribution in [0.2, 0.25) is 0 Å². The molecule has 4 aliphatic heterocycles. The maximum absolute atomic E-state index is 9.49. The zero-order valence-corrected chi connectivity index (χ0v) is 10.7. The Morgan fingerprint density at radius 3 is 2.16 bits per heavy atom. The highest BCUT2D eigenvalue weighted by atomic mass is 16.6. The Balaban J connectivity index is 1.76. The first-order valence-corrected chi connectivity index (χ1v) is 6.25. The number of quaternary nitrogens is 1. The van der Waals surface area contributed by atoms with Gasteiger partial charge in [-0.1, -0.05) is 5.16 Å². The number of hydrogen-bond acceptors (Lipinski definition) is 8. The lowest BCUT2D eigenvalue weighted by atomic mass is 10.2. The molecule has 102 valence electrons. The highest BCUT2D eigenvalue weighted by Crippen LogP contribution is 2.31. The number of hydrogen-bond donors (Lipinski definition) is 1. The molecule has 0 atom stereocenters. The zero-order valence-electron chi connectivity index (χ0n) is 10.7. The number of rotatable bonds is 1. The highest BCUT2D eigenvalue weighted by Gasteiger charge is 2.53. The molecular formula is C10H16N7O2+. The molecule has 0 aromatic carbocycles. The van der Waals surface area contributed by atoms with Gasteiger partial charge in [-0.25, -0.2) is 23.8 Å². The minimum Gasteiger partial charge on any atom is -0.406 e. The molecule has 0 amide bonds. The largest absolute Gasteiger partial charge is 0.406 e. The third-order valence-corrected chi connectivity index (χ3v) is 4.02. The van der Waals surface area contributed by atoms with Gasteiger partial charge in [-0.2, -0.15) is 0 Å². The minimum atomic E-state index is 0.540. The lowest BCUT2D eigenvalue weighted by molar-refractivity contribution is -0.904. The van der Waals surface area contributed by atoms with E-state index in [1.807, 2.05) is 6.92 Å². The van der Waals surface area contributed by atoms with E-state index < -0.39 is 0 Å². The Kier molecular flexibility index (Phi) is 2.22. The molecule has 9 nitrogen and oxygen atoms in total. The molecule has 4 fully saturated rings. The quantitative estimate of drug-likeness (QED) is 0.230. The Labute approximate surface area is 109 Å². The number of aromatic nitrogens is 2. The molecule has 19 heavy (non-hydrogen) atoms. The second kappa shape index (κ2) is 3.73. The van der Waals surface area contributed by atoms with Crippen molar-refractivity contribution < 1.29 is 14.3 Å². The zero-order chi connectivity index (χ0) is 13.0. The predicted octanol–water partition coefficient (Wildman–Crippen LogP) is -0.978. The summed E-state index contributed by atoms with van der Waals surface area (Å²) in [5.41, 5.74) is 1.20. The van der Waals surface area contributed by atoms with Crippen LogP contribution in [0.1, 0.15) is 11.4 Å². The van der Waals surface area contributed by atoms with E-state index in [4.69, 9.17) is 4.63 Å². The summed E-state index contributed by atoms with van der Waals surface area (Å²) in [7, 11) is 0. The number of amidine groups is 1. The summed E-state index contributed by atoms with van der Waals surface area (Å²) in [6.45, 7) is 7.24. The van der Waals surface area contributed by atoms with Gasteiger partial charge < -0.3 is 5.21 Å². The molecule has 4 bridgehead atoms. The Morgan fingerprint density at radius 1 is 1.16 bits per heavy atom. The summed E-state index contributed by atoms with van der Waals surface area (Å²) in [6, 6.07) is 0. The summed E-state index contributed by atoms with van der Waals surface area (Å²) in [4.78, 5) is 7.01. The second-order valence-corrected chi connectivity index (χ2v) is 5.63. The summed E-state index contributed by atoms with van der Waals surface area (Å²) < 4.78 is 5.31. The van der Waals surface area contributed by atoms with Gasteiger partial charge in [0.15, 0.2) is 0 Å². The third kappa shape index (κ3) is 1.53. The molecule has 9 heteroatoms. The van der Waals surface area contributed by atoms with Gasteiger partial charge in [0.1, 0.15) is 25.7 Å². The lowest BCUT2D eigenvalue weighted by Gasteiger charge is -2.59. The van der Waals surface area contributed by atoms with Gasteiger partial charge in [-0.05, 0) is 17.2 Å². The van der Waals surface area contributed by atoms with Gasteiger partial charge in [0.05, 0.1) is 20.0 Å². The summed E-state index contributed by atoms with van der Waals surface area (Å²) in [6.07, 6.45) is 0. The molecule has 5 rings (SSSR count). The number of aryl methyl sites for hydroxylation is 1. The average Bonchev–Trinajstić information content (AvgIpc) is 2.74. The standard InChI is InChI=1S/C10H15N7O2/c1-8-9(13-19-12-8)10(11-18)17-5-14-2-15(6-17)4-16(3-14)7-17/h2-7H2,1H3/p+1/b11-10-. The van der Waals surface area contributed by atoms with Crippen LogP contribution in [-0.2, 0) is 0 Å². The van der Waals surface area contributed by atoms with Crippen LogP contribution in [0, 0.1) is 6.92 Å². The van der Waals surface area contributed by atoms with E-state index in [1.54, 1.807) is 0 Å². The maximum Gasteiger partial charge on any atom is 0.296 e. The van der Waals surface area contributed by atoms with Crippen LogP contribution in [0.25, 0.3) is 0 Å². The van der Waals surface area contributed by atoms with Gasteiger partial charge in [0.2, 0.25) is 5.69 Å². The molecule has 0 saturated carbocycles. The van der Waals surface area contributed by atoms with Crippen molar-refractivity contribution >= 4 is 5.84 Å². The predicted molar refractivity (Wildman–Crippen MR) is 62.3 cm³/mol. The number of nitrogens with zero attached hydrogens (tertiary/aromatic N) is 7. The van der Waals surface area contributed by atoms with Gasteiger partial charge in [-0.3, -0.25) is 0 Å². The van der Waals surface area contributed by atoms with Crippen LogP contribution in [0.4, 0.5) is 0 Å².